The number of halogens is 2. The molecule has 2 aromatic carbocycles. The van der Waals surface area contributed by atoms with Crippen molar-refractivity contribution in [2.45, 2.75) is 75.6 Å². The summed E-state index contributed by atoms with van der Waals surface area (Å²) in [6.07, 6.45) is 18.6. The number of hydrogen-bond acceptors (Lipinski definition) is 18. The number of carbonyl (C=O) groups is 4. The summed E-state index contributed by atoms with van der Waals surface area (Å²) in [6, 6.07) is 28.7. The summed E-state index contributed by atoms with van der Waals surface area (Å²) in [7, 11) is 9.99. The number of pyridine rings is 6. The molecule has 0 radical (unpaired) electrons. The number of nitrogens with one attached hydrogen (secondary N) is 6. The number of ether oxygens (including phenoxy) is 1. The molecule has 1 atom stereocenters. The molecule has 18 rings (SSSR count). The van der Waals surface area contributed by atoms with E-state index in [0.29, 0.717) is 113 Å². The molecule has 6 aliphatic heterocycles. The Labute approximate surface area is 614 Å². The van der Waals surface area contributed by atoms with Crippen molar-refractivity contribution in [3.8, 4) is 33.8 Å². The van der Waals surface area contributed by atoms with Crippen molar-refractivity contribution in [1.82, 2.24) is 83.7 Å². The average molecular weight is 1440 g/mol. The van der Waals surface area contributed by atoms with Gasteiger partial charge in [0.05, 0.1) is 75.1 Å². The van der Waals surface area contributed by atoms with Gasteiger partial charge < -0.3 is 61.0 Å². The first-order valence-electron chi connectivity index (χ1n) is 35.9. The number of hydrogen-bond donors (Lipinski definition) is 7. The van der Waals surface area contributed by atoms with Crippen LogP contribution in [-0.2, 0) is 48.9 Å². The lowest BCUT2D eigenvalue weighted by atomic mass is 9.88. The zero-order chi connectivity index (χ0) is 73.8. The van der Waals surface area contributed by atoms with Crippen molar-refractivity contribution in [1.29, 1.82) is 0 Å². The maximum Gasteiger partial charge on any atom is 0.254 e. The third-order valence-electron chi connectivity index (χ3n) is 21.3. The summed E-state index contributed by atoms with van der Waals surface area (Å²) in [4.78, 5) is 84.6. The molecule has 0 aliphatic carbocycles. The van der Waals surface area contributed by atoms with E-state index in [9.17, 15) is 33.1 Å². The van der Waals surface area contributed by atoms with Crippen molar-refractivity contribution in [3.63, 3.8) is 0 Å². The van der Waals surface area contributed by atoms with Gasteiger partial charge in [-0.15, -0.1) is 0 Å². The lowest BCUT2D eigenvalue weighted by Gasteiger charge is -2.36. The lowest BCUT2D eigenvalue weighted by Crippen LogP contribution is -2.41. The maximum atomic E-state index is 13.7. The minimum Gasteiger partial charge on any atom is -0.383 e. The molecule has 3 saturated heterocycles. The van der Waals surface area contributed by atoms with Crippen molar-refractivity contribution in [3.05, 3.63) is 209 Å². The number of aromatic nitrogens is 11. The first kappa shape index (κ1) is 69.5. The van der Waals surface area contributed by atoms with E-state index >= 15 is 0 Å². The molecule has 12 aromatic rings. The molecular weight excluding hydrogens is 1360 g/mol. The quantitative estimate of drug-likeness (QED) is 0.0502. The first-order valence-corrected chi connectivity index (χ1v) is 35.9. The van der Waals surface area contributed by atoms with Crippen LogP contribution in [0.2, 0.25) is 0 Å². The number of rotatable bonds is 15. The number of imidazole rings is 2. The van der Waals surface area contributed by atoms with Gasteiger partial charge in [-0.1, -0.05) is 24.3 Å². The van der Waals surface area contributed by atoms with E-state index in [4.69, 9.17) is 14.7 Å². The second-order valence-electron chi connectivity index (χ2n) is 28.3. The number of benzene rings is 2. The van der Waals surface area contributed by atoms with Gasteiger partial charge in [-0.2, -0.15) is 5.10 Å². The summed E-state index contributed by atoms with van der Waals surface area (Å²) in [5.41, 5.74) is 15.1. The Morgan fingerprint density at radius 1 is 0.607 bits per heavy atom. The summed E-state index contributed by atoms with van der Waals surface area (Å²) in [6.45, 7) is 6.76. The number of carbonyl (C=O) groups excluding carboxylic acids is 4. The van der Waals surface area contributed by atoms with Crippen LogP contribution < -0.4 is 31.9 Å². The molecule has 1 unspecified atom stereocenters. The van der Waals surface area contributed by atoms with Gasteiger partial charge in [-0.25, -0.2) is 33.7 Å². The standard InChI is InChI=1S/C29H30FN7O2.C26H27N7O2.C24H23FN6O2/c1-35(2)11-12-36-9-7-18(13-27(36)38)19-3-6-25(31-15-19)34-23-5-4-21(22-16-33-29(39)28(22)23)24-17-32-26-14-20(30)8-10-37(24)26;1-32-12-8-26(35,9-13-32)20-4-3-5-21(31-20)30-19-15-28-23(18-14-29-25(34)22(18)19)16-6-10-27-24-17(16)7-11-33(24)2;1-30-19(14-5-8-33-9-6-14)11-21(29-30)28-18-3-2-16(17-12-27-24(32)23(17)18)20-13-26-22-10-15(25)4-7-31(20)22/h3-6,8,10,14-15,17-18H,7,9,11-13,16H2,1-2H3,(H,31,34)(H,33,39);3-7,10-11,15,35H,8-9,12-14H2,1-2H3,(H,29,34)(H,30,31);2-4,7,10-11,13-14H,5-6,8-9,12H2,1H3,(H,27,32)(H,28,29). The number of fused-ring (bicyclic) bond motifs is 6. The molecule has 7 N–H and O–H groups in total. The van der Waals surface area contributed by atoms with Gasteiger partial charge in [-0.05, 0) is 130 Å². The van der Waals surface area contributed by atoms with E-state index in [2.05, 4.69) is 79.8 Å². The molecule has 546 valence electrons. The molecule has 0 saturated carbocycles. The van der Waals surface area contributed by atoms with Gasteiger partial charge in [0.25, 0.3) is 17.7 Å². The van der Waals surface area contributed by atoms with Crippen LogP contribution in [0.15, 0.2) is 147 Å². The molecule has 10 aromatic heterocycles. The molecule has 3 fully saturated rings. The topological polar surface area (TPSA) is 289 Å². The molecule has 26 nitrogen and oxygen atoms in total. The number of likely N-dealkylation sites (N-methyl/N-ethyl adjacent to an activating group) is 1. The van der Waals surface area contributed by atoms with Gasteiger partial charge in [0.2, 0.25) is 5.91 Å². The molecule has 0 spiro atoms. The van der Waals surface area contributed by atoms with Crippen molar-refractivity contribution >= 4 is 80.5 Å². The Hall–Kier alpha value is -11.9. The number of nitrogens with zero attached hydrogens (tertiary/aromatic N) is 14. The lowest BCUT2D eigenvalue weighted by molar-refractivity contribution is -0.134. The monoisotopic (exact) mass is 1440 g/mol. The van der Waals surface area contributed by atoms with Crippen LogP contribution in [0.25, 0.3) is 56.1 Å². The van der Waals surface area contributed by atoms with Crippen LogP contribution in [0.5, 0.6) is 0 Å². The fourth-order valence-corrected chi connectivity index (χ4v) is 15.4. The average Bonchev–Trinajstić information content (AvgIpc) is 1.64. The van der Waals surface area contributed by atoms with E-state index in [1.807, 2.05) is 130 Å². The second-order valence-corrected chi connectivity index (χ2v) is 28.3. The van der Waals surface area contributed by atoms with Crippen molar-refractivity contribution in [2.24, 2.45) is 14.1 Å². The smallest absolute Gasteiger partial charge is 0.254 e. The van der Waals surface area contributed by atoms with Crippen LogP contribution in [-0.4, -0.2) is 164 Å². The van der Waals surface area contributed by atoms with E-state index in [1.165, 1.54) is 24.3 Å². The van der Waals surface area contributed by atoms with Crippen LogP contribution in [0, 0.1) is 11.6 Å². The van der Waals surface area contributed by atoms with Gasteiger partial charge in [0.1, 0.15) is 45.8 Å². The van der Waals surface area contributed by atoms with Crippen LogP contribution in [0.4, 0.5) is 43.3 Å². The minimum absolute atomic E-state index is 0.130. The fourth-order valence-electron chi connectivity index (χ4n) is 15.4. The Balaban J connectivity index is 0.000000123. The third kappa shape index (κ3) is 13.7. The Morgan fingerprint density at radius 3 is 1.86 bits per heavy atom. The number of aryl methyl sites for hydroxylation is 2. The number of likely N-dealkylation sites (tertiary alicyclic amines) is 2. The largest absolute Gasteiger partial charge is 0.383 e. The molecule has 28 heteroatoms. The fraction of sp³-hybridized carbons (Fsp3) is 0.304. The third-order valence-corrected chi connectivity index (χ3v) is 21.3. The highest BCUT2D eigenvalue weighted by Gasteiger charge is 2.36. The van der Waals surface area contributed by atoms with Gasteiger partial charge in [-0.3, -0.25) is 37.6 Å². The predicted molar refractivity (Wildman–Crippen MR) is 401 cm³/mol. The molecule has 16 heterocycles. The van der Waals surface area contributed by atoms with E-state index in [-0.39, 0.29) is 41.2 Å². The van der Waals surface area contributed by atoms with Crippen LogP contribution in [0.3, 0.4) is 0 Å². The highest BCUT2D eigenvalue weighted by atomic mass is 19.1. The Kier molecular flexibility index (Phi) is 18.8. The van der Waals surface area contributed by atoms with Gasteiger partial charge in [0, 0.05) is 175 Å². The highest BCUT2D eigenvalue weighted by molar-refractivity contribution is 6.08. The summed E-state index contributed by atoms with van der Waals surface area (Å²) < 4.78 is 40.3. The highest BCUT2D eigenvalue weighted by Crippen LogP contribution is 2.41. The number of aliphatic hydroxyl groups is 1. The molecule has 107 heavy (non-hydrogen) atoms. The summed E-state index contributed by atoms with van der Waals surface area (Å²) in [5.74, 6) is 1.54. The number of piperidine rings is 2. The molecular formula is C79H80F2N20O6. The van der Waals surface area contributed by atoms with E-state index < -0.39 is 5.60 Å². The Morgan fingerprint density at radius 2 is 1.23 bits per heavy atom. The number of anilines is 6. The zero-order valence-electron chi connectivity index (χ0n) is 59.8. The summed E-state index contributed by atoms with van der Waals surface area (Å²) >= 11 is 0. The normalized spacial score (nSPS) is 16.9. The van der Waals surface area contributed by atoms with E-state index in [1.54, 1.807) is 37.2 Å². The van der Waals surface area contributed by atoms with Crippen LogP contribution in [0.1, 0.15) is 115 Å². The number of amides is 4. The molecule has 4 amide bonds. The SMILES string of the molecule is CN(C)CCN1CCC(c2ccc(Nc3ccc(-c4cnc5cc(F)ccn45)c4c3C(=O)NC4)nc2)CC1=O.CN1CCC(O)(c2cccc(Nc3cnc(-c4ccnc5c4ccn5C)c4c3C(=O)NC4)n2)CC1.Cn1nc(Nc2ccc(-c3cnc4cc(F)ccn34)c3c2C(=O)NC3)cc1C1CCOCC1. The van der Waals surface area contributed by atoms with Gasteiger partial charge in [0.15, 0.2) is 5.82 Å². The zero-order valence-corrected chi connectivity index (χ0v) is 59.8. The molecule has 6 aliphatic rings. The van der Waals surface area contributed by atoms with Gasteiger partial charge >= 0.3 is 0 Å². The molecule has 0 bridgehead atoms. The predicted octanol–water partition coefficient (Wildman–Crippen LogP) is 10.5. The van der Waals surface area contributed by atoms with Crippen molar-refractivity contribution < 1.29 is 37.8 Å². The second kappa shape index (κ2) is 28.9. The Bertz CT molecular complexity index is 5460. The maximum absolute atomic E-state index is 13.7. The van der Waals surface area contributed by atoms with E-state index in [0.717, 1.165) is 138 Å². The minimum atomic E-state index is -0.950. The summed E-state index contributed by atoms with van der Waals surface area (Å²) in [5, 5.41) is 35.6. The van der Waals surface area contributed by atoms with Crippen LogP contribution >= 0.6 is 0 Å². The first-order chi connectivity index (χ1) is 51.9. The van der Waals surface area contributed by atoms with Crippen molar-refractivity contribution in [2.75, 3.05) is 83.0 Å².